The average Bonchev–Trinajstić information content (AvgIpc) is 2.70. The van der Waals surface area contributed by atoms with Crippen molar-refractivity contribution in [2.75, 3.05) is 11.1 Å². The zero-order valence-electron chi connectivity index (χ0n) is 15.1. The van der Waals surface area contributed by atoms with Gasteiger partial charge in [0.05, 0.1) is 17.9 Å². The molecule has 1 N–H and O–H groups in total. The number of anilines is 1. The van der Waals surface area contributed by atoms with Crippen LogP contribution in [0.4, 0.5) is 10.1 Å². The van der Waals surface area contributed by atoms with Crippen LogP contribution in [0.15, 0.2) is 65.7 Å². The molecule has 0 atom stereocenters. The summed E-state index contributed by atoms with van der Waals surface area (Å²) in [6.45, 7) is 1.54. The number of halogens is 1. The summed E-state index contributed by atoms with van der Waals surface area (Å²) in [6.07, 6.45) is 0.119. The lowest BCUT2D eigenvalue weighted by Gasteiger charge is -2.08. The van der Waals surface area contributed by atoms with Gasteiger partial charge in [-0.15, -0.1) is 10.2 Å². The topological polar surface area (TPSA) is 89.0 Å². The van der Waals surface area contributed by atoms with E-state index < -0.39 is 9.84 Å². The molecule has 1 amide bonds. The maximum absolute atomic E-state index is 12.9. The molecule has 0 spiro atoms. The Morgan fingerprint density at radius 3 is 2.43 bits per heavy atom. The highest BCUT2D eigenvalue weighted by Crippen LogP contribution is 2.21. The Kier molecular flexibility index (Phi) is 5.79. The molecule has 0 fully saturated rings. The zero-order chi connectivity index (χ0) is 20.1. The van der Waals surface area contributed by atoms with Crippen molar-refractivity contribution in [3.05, 3.63) is 72.0 Å². The first kappa shape index (κ1) is 19.6. The number of carbonyl (C=O) groups excluding carboxylic acids is 1. The number of hydrogen-bond acceptors (Lipinski definition) is 5. The molecule has 2 aromatic carbocycles. The molecule has 144 valence electrons. The summed E-state index contributed by atoms with van der Waals surface area (Å²) in [7, 11) is -3.41. The number of rotatable bonds is 6. The molecule has 1 aromatic heterocycles. The van der Waals surface area contributed by atoms with Crippen LogP contribution in [0.3, 0.4) is 0 Å². The highest BCUT2D eigenvalue weighted by Gasteiger charge is 2.14. The quantitative estimate of drug-likeness (QED) is 0.687. The molecular formula is C20H18FN3O3S. The van der Waals surface area contributed by atoms with Gasteiger partial charge in [-0.2, -0.15) is 0 Å². The second kappa shape index (κ2) is 8.26. The van der Waals surface area contributed by atoms with Gasteiger partial charge in [0.1, 0.15) is 5.82 Å². The molecule has 3 rings (SSSR count). The van der Waals surface area contributed by atoms with Crippen molar-refractivity contribution < 1.29 is 17.6 Å². The maximum atomic E-state index is 12.9. The molecule has 0 saturated heterocycles. The minimum absolute atomic E-state index is 0.0450. The van der Waals surface area contributed by atoms with Crippen molar-refractivity contribution in [3.63, 3.8) is 0 Å². The SMILES string of the molecule is CCS(=O)(=O)c1ccc(-c2cccc(NC(=O)Cc3ccc(F)cc3)c2)nn1. The predicted molar refractivity (Wildman–Crippen MR) is 104 cm³/mol. The molecule has 0 aliphatic rings. The Morgan fingerprint density at radius 2 is 1.79 bits per heavy atom. The second-order valence-electron chi connectivity index (χ2n) is 6.09. The lowest BCUT2D eigenvalue weighted by atomic mass is 10.1. The van der Waals surface area contributed by atoms with Gasteiger partial charge in [0, 0.05) is 11.3 Å². The summed E-state index contributed by atoms with van der Waals surface area (Å²) in [5.41, 5.74) is 2.45. The third kappa shape index (κ3) is 4.77. The van der Waals surface area contributed by atoms with E-state index in [0.717, 1.165) is 0 Å². The summed E-state index contributed by atoms with van der Waals surface area (Å²) in [5, 5.41) is 10.5. The van der Waals surface area contributed by atoms with Crippen molar-refractivity contribution in [1.82, 2.24) is 10.2 Å². The minimum atomic E-state index is -3.41. The molecule has 8 heteroatoms. The lowest BCUT2D eigenvalue weighted by molar-refractivity contribution is -0.115. The van der Waals surface area contributed by atoms with Crippen molar-refractivity contribution >= 4 is 21.4 Å². The molecule has 0 aliphatic carbocycles. The number of carbonyl (C=O) groups is 1. The molecule has 0 bridgehead atoms. The van der Waals surface area contributed by atoms with E-state index in [4.69, 9.17) is 0 Å². The maximum Gasteiger partial charge on any atom is 0.228 e. The summed E-state index contributed by atoms with van der Waals surface area (Å²) in [5.74, 6) is -0.633. The van der Waals surface area contributed by atoms with Crippen molar-refractivity contribution in [3.8, 4) is 11.3 Å². The predicted octanol–water partition coefficient (Wildman–Crippen LogP) is 3.26. The van der Waals surface area contributed by atoms with Crippen LogP contribution in [0.25, 0.3) is 11.3 Å². The highest BCUT2D eigenvalue weighted by molar-refractivity contribution is 7.91. The minimum Gasteiger partial charge on any atom is -0.326 e. The van der Waals surface area contributed by atoms with Crippen molar-refractivity contribution in [2.24, 2.45) is 0 Å². The standard InChI is InChI=1S/C20H18FN3O3S/c1-2-28(26,27)20-11-10-18(23-24-20)15-4-3-5-17(13-15)22-19(25)12-14-6-8-16(21)9-7-14/h3-11,13H,2,12H2,1H3,(H,22,25). The van der Waals surface area contributed by atoms with E-state index in [1.807, 2.05) is 0 Å². The van der Waals surface area contributed by atoms with Crippen LogP contribution < -0.4 is 5.32 Å². The Morgan fingerprint density at radius 1 is 1.04 bits per heavy atom. The van der Waals surface area contributed by atoms with Crippen molar-refractivity contribution in [1.29, 1.82) is 0 Å². The molecule has 0 radical (unpaired) electrons. The van der Waals surface area contributed by atoms with E-state index in [1.54, 1.807) is 49.4 Å². The Balaban J connectivity index is 1.73. The molecule has 0 aliphatic heterocycles. The number of hydrogen-bond donors (Lipinski definition) is 1. The molecule has 0 saturated carbocycles. The normalized spacial score (nSPS) is 11.2. The summed E-state index contributed by atoms with van der Waals surface area (Å²) < 4.78 is 36.6. The number of nitrogens with one attached hydrogen (secondary N) is 1. The Hall–Kier alpha value is -3.13. The number of benzene rings is 2. The largest absolute Gasteiger partial charge is 0.326 e. The molecular weight excluding hydrogens is 381 g/mol. The van der Waals surface area contributed by atoms with E-state index >= 15 is 0 Å². The number of sulfone groups is 1. The summed E-state index contributed by atoms with van der Waals surface area (Å²) in [4.78, 5) is 12.2. The molecule has 6 nitrogen and oxygen atoms in total. The van der Waals surface area contributed by atoms with Gasteiger partial charge in [-0.3, -0.25) is 4.79 Å². The van der Waals surface area contributed by atoms with Crippen LogP contribution >= 0.6 is 0 Å². The fourth-order valence-corrected chi connectivity index (χ4v) is 3.27. The molecule has 1 heterocycles. The van der Waals surface area contributed by atoms with Crippen LogP contribution in [0.1, 0.15) is 12.5 Å². The first-order valence-electron chi connectivity index (χ1n) is 8.58. The van der Waals surface area contributed by atoms with Gasteiger partial charge in [-0.1, -0.05) is 31.2 Å². The van der Waals surface area contributed by atoms with E-state index in [2.05, 4.69) is 15.5 Å². The first-order chi connectivity index (χ1) is 13.4. The van der Waals surface area contributed by atoms with Gasteiger partial charge in [0.25, 0.3) is 0 Å². The molecule has 0 unspecified atom stereocenters. The van der Waals surface area contributed by atoms with E-state index in [0.29, 0.717) is 22.5 Å². The number of amides is 1. The van der Waals surface area contributed by atoms with Gasteiger partial charge >= 0.3 is 0 Å². The third-order valence-corrected chi connectivity index (χ3v) is 5.67. The zero-order valence-corrected chi connectivity index (χ0v) is 15.9. The third-order valence-electron chi connectivity index (χ3n) is 4.06. The number of nitrogens with zero attached hydrogens (tertiary/aromatic N) is 2. The summed E-state index contributed by atoms with van der Waals surface area (Å²) >= 11 is 0. The second-order valence-corrected chi connectivity index (χ2v) is 8.32. The van der Waals surface area contributed by atoms with Gasteiger partial charge < -0.3 is 5.32 Å². The van der Waals surface area contributed by atoms with E-state index in [9.17, 15) is 17.6 Å². The van der Waals surface area contributed by atoms with Gasteiger partial charge in [-0.25, -0.2) is 12.8 Å². The van der Waals surface area contributed by atoms with Crippen LogP contribution in [-0.4, -0.2) is 30.3 Å². The van der Waals surface area contributed by atoms with Gasteiger partial charge in [-0.05, 0) is 42.0 Å². The van der Waals surface area contributed by atoms with E-state index in [1.165, 1.54) is 18.2 Å². The molecule has 28 heavy (non-hydrogen) atoms. The Bertz CT molecular complexity index is 1080. The van der Waals surface area contributed by atoms with Gasteiger partial charge in [0.15, 0.2) is 14.9 Å². The monoisotopic (exact) mass is 399 g/mol. The average molecular weight is 399 g/mol. The molecule has 3 aromatic rings. The fourth-order valence-electron chi connectivity index (χ4n) is 2.54. The highest BCUT2D eigenvalue weighted by atomic mass is 32.2. The van der Waals surface area contributed by atoms with Crippen LogP contribution in [0, 0.1) is 5.82 Å². The van der Waals surface area contributed by atoms with Gasteiger partial charge in [0.2, 0.25) is 5.91 Å². The summed E-state index contributed by atoms with van der Waals surface area (Å²) in [6, 6.07) is 15.7. The van der Waals surface area contributed by atoms with Crippen LogP contribution in [-0.2, 0) is 21.1 Å². The number of aromatic nitrogens is 2. The van der Waals surface area contributed by atoms with Crippen LogP contribution in [0.5, 0.6) is 0 Å². The lowest BCUT2D eigenvalue weighted by Crippen LogP contribution is -2.14. The van der Waals surface area contributed by atoms with Crippen LogP contribution in [0.2, 0.25) is 0 Å². The fraction of sp³-hybridized carbons (Fsp3) is 0.150. The van der Waals surface area contributed by atoms with Crippen molar-refractivity contribution in [2.45, 2.75) is 18.4 Å². The van der Waals surface area contributed by atoms with E-state index in [-0.39, 0.29) is 28.9 Å². The smallest absolute Gasteiger partial charge is 0.228 e. The Labute approximate surface area is 162 Å². The first-order valence-corrected chi connectivity index (χ1v) is 10.2.